The molecule has 1 fully saturated rings. The van der Waals surface area contributed by atoms with Gasteiger partial charge in [-0.2, -0.15) is 5.10 Å². The largest absolute Gasteiger partial charge is 0.380 e. The van der Waals surface area contributed by atoms with E-state index in [1.165, 1.54) is 11.3 Å². The maximum atomic E-state index is 5.36. The maximum absolute atomic E-state index is 5.36. The van der Waals surface area contributed by atoms with Crippen molar-refractivity contribution in [2.75, 3.05) is 13.2 Å². The molecule has 1 unspecified atom stereocenters. The van der Waals surface area contributed by atoms with Gasteiger partial charge in [0.15, 0.2) is 0 Å². The minimum Gasteiger partial charge on any atom is -0.380 e. The molecule has 1 N–H and O–H groups in total. The molecule has 1 aliphatic rings. The van der Waals surface area contributed by atoms with Gasteiger partial charge in [-0.25, -0.2) is 0 Å². The van der Waals surface area contributed by atoms with Crippen LogP contribution in [0.25, 0.3) is 0 Å². The molecule has 4 nitrogen and oxygen atoms in total. The Hall–Kier alpha value is -0.870. The Kier molecular flexibility index (Phi) is 3.54. The zero-order chi connectivity index (χ0) is 12.5. The van der Waals surface area contributed by atoms with Crippen molar-refractivity contribution in [1.82, 2.24) is 15.1 Å². The summed E-state index contributed by atoms with van der Waals surface area (Å²) in [6.07, 6.45) is 3.23. The van der Waals surface area contributed by atoms with Crippen LogP contribution in [0.1, 0.15) is 38.4 Å². The summed E-state index contributed by atoms with van der Waals surface area (Å²) in [6, 6.07) is 0.503. The number of nitrogens with zero attached hydrogens (tertiary/aromatic N) is 2. The van der Waals surface area contributed by atoms with Gasteiger partial charge in [-0.3, -0.25) is 4.68 Å². The Bertz CT molecular complexity index is 373. The Morgan fingerprint density at radius 3 is 2.88 bits per heavy atom. The minimum atomic E-state index is 0.102. The van der Waals surface area contributed by atoms with Crippen molar-refractivity contribution in [3.8, 4) is 0 Å². The van der Waals surface area contributed by atoms with Crippen LogP contribution in [-0.2, 0) is 23.7 Å². The topological polar surface area (TPSA) is 39.1 Å². The van der Waals surface area contributed by atoms with E-state index in [1.54, 1.807) is 0 Å². The lowest BCUT2D eigenvalue weighted by Crippen LogP contribution is -2.29. The van der Waals surface area contributed by atoms with E-state index in [4.69, 9.17) is 4.74 Å². The van der Waals surface area contributed by atoms with Crippen molar-refractivity contribution in [3.63, 3.8) is 0 Å². The molecule has 96 valence electrons. The number of nitrogens with one attached hydrogen (secondary N) is 1. The lowest BCUT2D eigenvalue weighted by atomic mass is 9.89. The van der Waals surface area contributed by atoms with E-state index in [2.05, 4.69) is 37.4 Å². The fourth-order valence-corrected chi connectivity index (χ4v) is 2.25. The van der Waals surface area contributed by atoms with Gasteiger partial charge in [0.2, 0.25) is 0 Å². The van der Waals surface area contributed by atoms with E-state index in [1.807, 2.05) is 11.7 Å². The molecule has 1 atom stereocenters. The van der Waals surface area contributed by atoms with E-state index in [0.717, 1.165) is 26.2 Å². The zero-order valence-corrected chi connectivity index (χ0v) is 11.3. The van der Waals surface area contributed by atoms with Crippen LogP contribution >= 0.6 is 0 Å². The van der Waals surface area contributed by atoms with Gasteiger partial charge in [0.1, 0.15) is 0 Å². The fourth-order valence-electron chi connectivity index (χ4n) is 2.25. The molecular weight excluding hydrogens is 214 g/mol. The Morgan fingerprint density at radius 1 is 1.53 bits per heavy atom. The Balaban J connectivity index is 2.04. The lowest BCUT2D eigenvalue weighted by molar-refractivity contribution is 0.190. The van der Waals surface area contributed by atoms with Crippen molar-refractivity contribution in [1.29, 1.82) is 0 Å². The van der Waals surface area contributed by atoms with Crippen molar-refractivity contribution < 1.29 is 4.74 Å². The number of ether oxygens (including phenoxy) is 1. The summed E-state index contributed by atoms with van der Waals surface area (Å²) in [7, 11) is 1.98. The molecule has 4 heteroatoms. The third-order valence-corrected chi connectivity index (χ3v) is 3.13. The van der Waals surface area contributed by atoms with Crippen molar-refractivity contribution in [2.24, 2.45) is 7.05 Å². The lowest BCUT2D eigenvalue weighted by Gasteiger charge is -2.18. The van der Waals surface area contributed by atoms with Gasteiger partial charge in [0, 0.05) is 43.4 Å². The first-order valence-corrected chi connectivity index (χ1v) is 6.31. The van der Waals surface area contributed by atoms with Crippen LogP contribution in [0.5, 0.6) is 0 Å². The number of aryl methyl sites for hydroxylation is 1. The maximum Gasteiger partial charge on any atom is 0.0722 e. The molecule has 0 saturated carbocycles. The summed E-state index contributed by atoms with van der Waals surface area (Å²) >= 11 is 0. The highest BCUT2D eigenvalue weighted by atomic mass is 16.5. The first kappa shape index (κ1) is 12.6. The second-order valence-corrected chi connectivity index (χ2v) is 5.87. The molecule has 0 bridgehead atoms. The molecule has 1 aliphatic heterocycles. The zero-order valence-electron chi connectivity index (χ0n) is 11.3. The molecule has 0 aromatic carbocycles. The molecule has 0 amide bonds. The summed E-state index contributed by atoms with van der Waals surface area (Å²) < 4.78 is 7.27. The minimum absolute atomic E-state index is 0.102. The van der Waals surface area contributed by atoms with Crippen LogP contribution in [-0.4, -0.2) is 29.0 Å². The molecule has 0 radical (unpaired) electrons. The van der Waals surface area contributed by atoms with E-state index >= 15 is 0 Å². The van der Waals surface area contributed by atoms with E-state index in [-0.39, 0.29) is 5.41 Å². The normalized spacial score (nSPS) is 21.1. The second-order valence-electron chi connectivity index (χ2n) is 5.87. The molecule has 1 aromatic heterocycles. The van der Waals surface area contributed by atoms with Crippen LogP contribution in [0.2, 0.25) is 0 Å². The van der Waals surface area contributed by atoms with Crippen molar-refractivity contribution >= 4 is 0 Å². The first-order valence-electron chi connectivity index (χ1n) is 6.31. The SMILES string of the molecule is Cn1cc(CNC2CCOC2)c(C(C)(C)C)n1. The van der Waals surface area contributed by atoms with Gasteiger partial charge >= 0.3 is 0 Å². The molecule has 1 aromatic rings. The molecule has 1 saturated heterocycles. The molecule has 0 aliphatic carbocycles. The van der Waals surface area contributed by atoms with E-state index in [0.29, 0.717) is 6.04 Å². The van der Waals surface area contributed by atoms with Gasteiger partial charge in [-0.1, -0.05) is 20.8 Å². The van der Waals surface area contributed by atoms with Crippen LogP contribution in [0, 0.1) is 0 Å². The van der Waals surface area contributed by atoms with E-state index in [9.17, 15) is 0 Å². The fraction of sp³-hybridized carbons (Fsp3) is 0.769. The quantitative estimate of drug-likeness (QED) is 0.868. The molecule has 2 rings (SSSR count). The first-order chi connectivity index (χ1) is 7.97. The van der Waals surface area contributed by atoms with Gasteiger partial charge in [-0.05, 0) is 6.42 Å². The van der Waals surface area contributed by atoms with E-state index < -0.39 is 0 Å². The second kappa shape index (κ2) is 4.78. The van der Waals surface area contributed by atoms with Crippen LogP contribution in [0.3, 0.4) is 0 Å². The highest BCUT2D eigenvalue weighted by molar-refractivity contribution is 5.23. The van der Waals surface area contributed by atoms with Crippen LogP contribution in [0.4, 0.5) is 0 Å². The Morgan fingerprint density at radius 2 is 2.29 bits per heavy atom. The average molecular weight is 237 g/mol. The molecule has 2 heterocycles. The molecular formula is C13H23N3O. The predicted molar refractivity (Wildman–Crippen MR) is 68.0 cm³/mol. The summed E-state index contributed by atoms with van der Waals surface area (Å²) in [4.78, 5) is 0. The molecule has 17 heavy (non-hydrogen) atoms. The van der Waals surface area contributed by atoms with Gasteiger partial charge in [0.05, 0.1) is 12.3 Å². The number of aromatic nitrogens is 2. The highest BCUT2D eigenvalue weighted by Crippen LogP contribution is 2.24. The van der Waals surface area contributed by atoms with Gasteiger partial charge in [-0.15, -0.1) is 0 Å². The number of rotatable bonds is 3. The van der Waals surface area contributed by atoms with Gasteiger partial charge < -0.3 is 10.1 Å². The monoisotopic (exact) mass is 237 g/mol. The van der Waals surface area contributed by atoms with Crippen LogP contribution in [0.15, 0.2) is 6.20 Å². The number of hydrogen-bond acceptors (Lipinski definition) is 3. The third kappa shape index (κ3) is 3.07. The summed E-state index contributed by atoms with van der Waals surface area (Å²) in [6.45, 7) is 9.23. The van der Waals surface area contributed by atoms with Crippen molar-refractivity contribution in [2.45, 2.75) is 45.2 Å². The smallest absolute Gasteiger partial charge is 0.0722 e. The molecule has 0 spiro atoms. The van der Waals surface area contributed by atoms with Crippen molar-refractivity contribution in [3.05, 3.63) is 17.5 Å². The standard InChI is InChI=1S/C13H23N3O/c1-13(2,3)12-10(8-16(4)15-12)7-14-11-5-6-17-9-11/h8,11,14H,5-7,9H2,1-4H3. The predicted octanol–water partition coefficient (Wildman–Crippen LogP) is 1.60. The number of hydrogen-bond donors (Lipinski definition) is 1. The summed E-state index contributed by atoms with van der Waals surface area (Å²) in [5.74, 6) is 0. The summed E-state index contributed by atoms with van der Waals surface area (Å²) in [5, 5.41) is 8.12. The van der Waals surface area contributed by atoms with Gasteiger partial charge in [0.25, 0.3) is 0 Å². The highest BCUT2D eigenvalue weighted by Gasteiger charge is 2.22. The average Bonchev–Trinajstić information content (AvgIpc) is 2.82. The van der Waals surface area contributed by atoms with Crippen LogP contribution < -0.4 is 5.32 Å². The Labute approximate surface area is 103 Å². The third-order valence-electron chi connectivity index (χ3n) is 3.13. The summed E-state index contributed by atoms with van der Waals surface area (Å²) in [5.41, 5.74) is 2.59.